The summed E-state index contributed by atoms with van der Waals surface area (Å²) in [5.74, 6) is -1.79. The summed E-state index contributed by atoms with van der Waals surface area (Å²) in [6.07, 6.45) is 1.45. The van der Waals surface area contributed by atoms with E-state index in [2.05, 4.69) is 4.90 Å². The molecule has 0 heterocycles. The number of benzene rings is 1. The number of carboxylic acid groups (broad SMARTS) is 1. The molecule has 0 aliphatic heterocycles. The third-order valence-corrected chi connectivity index (χ3v) is 9.63. The van der Waals surface area contributed by atoms with Gasteiger partial charge in [0.2, 0.25) is 0 Å². The Kier molecular flexibility index (Phi) is 9.92. The highest BCUT2D eigenvalue weighted by Crippen LogP contribution is 2.45. The van der Waals surface area contributed by atoms with E-state index in [1.54, 1.807) is 0 Å². The number of nitrogens with zero attached hydrogens (tertiary/aromatic N) is 1. The molecule has 1 aromatic carbocycles. The Morgan fingerprint density at radius 2 is 1.46 bits per heavy atom. The predicted octanol–water partition coefficient (Wildman–Crippen LogP) is 8.83. The van der Waals surface area contributed by atoms with Gasteiger partial charge in [0.1, 0.15) is 0 Å². The van der Waals surface area contributed by atoms with Crippen molar-refractivity contribution >= 4 is 5.97 Å². The zero-order valence-corrected chi connectivity index (χ0v) is 22.5. The topological polar surface area (TPSA) is 40.5 Å². The van der Waals surface area contributed by atoms with Gasteiger partial charge in [0.25, 0.3) is 0 Å². The maximum absolute atomic E-state index is 13.4. The normalized spacial score (nSPS) is 29.5. The van der Waals surface area contributed by atoms with Crippen molar-refractivity contribution < 1.29 is 36.2 Å². The van der Waals surface area contributed by atoms with Crippen molar-refractivity contribution in [3.05, 3.63) is 35.4 Å². The van der Waals surface area contributed by atoms with E-state index < -0.39 is 29.8 Å². The van der Waals surface area contributed by atoms with Crippen LogP contribution in [-0.4, -0.2) is 40.8 Å². The molecule has 9 heteroatoms. The van der Waals surface area contributed by atoms with Crippen molar-refractivity contribution in [3.63, 3.8) is 0 Å². The quantitative estimate of drug-likeness (QED) is 0.323. The van der Waals surface area contributed by atoms with Crippen molar-refractivity contribution in [2.45, 2.75) is 120 Å². The van der Waals surface area contributed by atoms with Crippen LogP contribution in [0.2, 0.25) is 0 Å². The lowest BCUT2D eigenvalue weighted by Gasteiger charge is -2.48. The Labute approximate surface area is 227 Å². The smallest absolute Gasteiger partial charge is 0.416 e. The van der Waals surface area contributed by atoms with Crippen LogP contribution in [0.5, 0.6) is 0 Å². The van der Waals surface area contributed by atoms with Gasteiger partial charge in [-0.1, -0.05) is 44.2 Å². The molecule has 1 aromatic rings. The van der Waals surface area contributed by atoms with Crippen LogP contribution >= 0.6 is 0 Å². The van der Waals surface area contributed by atoms with Crippen LogP contribution in [0.25, 0.3) is 0 Å². The standard InChI is InChI=1S/C30H41F6NO2/c31-29(32,33)23-9-7-22(8-10-23)26-18-21(19-28(38)39)6-15-27(26)37(17-16-20-4-2-1-3-5-20)25-13-11-24(12-14-25)30(34,35)36/h7-10,20-21,24-27H,1-6,11-19H2,(H,38,39)/t21-,24?,25?,26+,27-/m1/s1. The summed E-state index contributed by atoms with van der Waals surface area (Å²) in [6, 6.07) is 5.20. The Balaban J connectivity index is 1.59. The Hall–Kier alpha value is -1.77. The van der Waals surface area contributed by atoms with Crippen LogP contribution in [0.4, 0.5) is 26.3 Å². The largest absolute Gasteiger partial charge is 0.481 e. The number of halogens is 6. The van der Waals surface area contributed by atoms with Crippen LogP contribution < -0.4 is 0 Å². The second kappa shape index (κ2) is 12.8. The maximum atomic E-state index is 13.4. The van der Waals surface area contributed by atoms with Gasteiger partial charge in [-0.2, -0.15) is 26.3 Å². The highest BCUT2D eigenvalue weighted by Gasteiger charge is 2.45. The zero-order valence-electron chi connectivity index (χ0n) is 22.5. The molecule has 1 N–H and O–H groups in total. The third-order valence-electron chi connectivity index (χ3n) is 9.63. The van der Waals surface area contributed by atoms with Gasteiger partial charge in [-0.25, -0.2) is 0 Å². The molecular weight excluding hydrogens is 520 g/mol. The first-order valence-corrected chi connectivity index (χ1v) is 14.6. The number of carboxylic acids is 1. The fraction of sp³-hybridized carbons (Fsp3) is 0.767. The molecule has 3 aliphatic rings. The summed E-state index contributed by atoms with van der Waals surface area (Å²) in [5, 5.41) is 9.42. The van der Waals surface area contributed by atoms with Gasteiger partial charge in [-0.05, 0) is 93.4 Å². The zero-order chi connectivity index (χ0) is 28.2. The average Bonchev–Trinajstić information content (AvgIpc) is 2.89. The van der Waals surface area contributed by atoms with Gasteiger partial charge < -0.3 is 5.11 Å². The number of hydrogen-bond donors (Lipinski definition) is 1. The van der Waals surface area contributed by atoms with Crippen molar-refractivity contribution in [3.8, 4) is 0 Å². The van der Waals surface area contributed by atoms with Gasteiger partial charge in [0.15, 0.2) is 0 Å². The fourth-order valence-electron chi connectivity index (χ4n) is 7.51. The first-order valence-electron chi connectivity index (χ1n) is 14.6. The van der Waals surface area contributed by atoms with Crippen LogP contribution in [0.15, 0.2) is 24.3 Å². The second-order valence-electron chi connectivity index (χ2n) is 12.1. The van der Waals surface area contributed by atoms with E-state index >= 15 is 0 Å². The van der Waals surface area contributed by atoms with Crippen LogP contribution in [0.3, 0.4) is 0 Å². The molecule has 3 nitrogen and oxygen atoms in total. The molecule has 0 radical (unpaired) electrons. The van der Waals surface area contributed by atoms with Crippen LogP contribution in [0.1, 0.15) is 107 Å². The highest BCUT2D eigenvalue weighted by atomic mass is 19.4. The molecule has 220 valence electrons. The summed E-state index contributed by atoms with van der Waals surface area (Å²) >= 11 is 0. The number of rotatable bonds is 8. The van der Waals surface area contributed by atoms with Crippen molar-refractivity contribution in [2.75, 3.05) is 6.54 Å². The Morgan fingerprint density at radius 3 is 2.03 bits per heavy atom. The van der Waals surface area contributed by atoms with Gasteiger partial charge >= 0.3 is 18.3 Å². The molecule has 4 rings (SSSR count). The van der Waals surface area contributed by atoms with E-state index in [9.17, 15) is 36.2 Å². The first kappa shape index (κ1) is 30.2. The van der Waals surface area contributed by atoms with Crippen molar-refractivity contribution in [1.82, 2.24) is 4.90 Å². The van der Waals surface area contributed by atoms with E-state index in [4.69, 9.17) is 0 Å². The summed E-state index contributed by atoms with van der Waals surface area (Å²) in [4.78, 5) is 13.9. The number of aliphatic carboxylic acids is 1. The van der Waals surface area contributed by atoms with E-state index in [1.807, 2.05) is 0 Å². The minimum Gasteiger partial charge on any atom is -0.481 e. The van der Waals surface area contributed by atoms with E-state index in [0.29, 0.717) is 38.0 Å². The lowest BCUT2D eigenvalue weighted by Crippen LogP contribution is -2.50. The monoisotopic (exact) mass is 561 g/mol. The number of hydrogen-bond acceptors (Lipinski definition) is 2. The minimum absolute atomic E-state index is 0.00478. The molecule has 3 atom stereocenters. The highest BCUT2D eigenvalue weighted by molar-refractivity contribution is 5.67. The molecule has 39 heavy (non-hydrogen) atoms. The Bertz CT molecular complexity index is 917. The number of alkyl halides is 6. The SMILES string of the molecule is O=C(O)C[C@@H]1CC[C@@H](N(CCC2CCCCC2)C2CCC(C(F)(F)F)CC2)[C@H](c2ccc(C(F)(F)F)cc2)C1. The van der Waals surface area contributed by atoms with E-state index in [0.717, 1.165) is 30.7 Å². The molecule has 0 aromatic heterocycles. The van der Waals surface area contributed by atoms with Crippen molar-refractivity contribution in [2.24, 2.45) is 17.8 Å². The molecule has 0 saturated heterocycles. The molecule has 0 unspecified atom stereocenters. The minimum atomic E-state index is -4.44. The van der Waals surface area contributed by atoms with Gasteiger partial charge in [0.05, 0.1) is 11.5 Å². The summed E-state index contributed by atoms with van der Waals surface area (Å²) in [5.41, 5.74) is 0.0371. The molecule has 0 bridgehead atoms. The molecule has 0 amide bonds. The summed E-state index contributed by atoms with van der Waals surface area (Å²) in [7, 11) is 0. The fourth-order valence-corrected chi connectivity index (χ4v) is 7.51. The lowest BCUT2D eigenvalue weighted by molar-refractivity contribution is -0.185. The molecule has 0 spiro atoms. The Morgan fingerprint density at radius 1 is 0.821 bits per heavy atom. The molecule has 3 fully saturated rings. The van der Waals surface area contributed by atoms with Gasteiger partial charge in [-0.3, -0.25) is 9.69 Å². The molecule has 3 saturated carbocycles. The number of carbonyl (C=O) groups is 1. The maximum Gasteiger partial charge on any atom is 0.416 e. The summed E-state index contributed by atoms with van der Waals surface area (Å²) in [6.45, 7) is 0.775. The first-order chi connectivity index (χ1) is 18.4. The lowest BCUT2D eigenvalue weighted by atomic mass is 9.71. The summed E-state index contributed by atoms with van der Waals surface area (Å²) < 4.78 is 80.0. The van der Waals surface area contributed by atoms with Crippen LogP contribution in [0, 0.1) is 17.8 Å². The van der Waals surface area contributed by atoms with Gasteiger partial charge in [-0.15, -0.1) is 0 Å². The second-order valence-corrected chi connectivity index (χ2v) is 12.1. The van der Waals surface area contributed by atoms with E-state index in [1.165, 1.54) is 44.2 Å². The molecule has 3 aliphatic carbocycles. The van der Waals surface area contributed by atoms with Gasteiger partial charge in [0, 0.05) is 18.5 Å². The predicted molar refractivity (Wildman–Crippen MR) is 137 cm³/mol. The molecular formula is C30H41F6NO2. The van der Waals surface area contributed by atoms with Crippen molar-refractivity contribution in [1.29, 1.82) is 0 Å². The third kappa shape index (κ3) is 8.14. The van der Waals surface area contributed by atoms with E-state index in [-0.39, 0.29) is 43.2 Å². The van der Waals surface area contributed by atoms with Crippen LogP contribution in [-0.2, 0) is 11.0 Å². The average molecular weight is 562 g/mol.